The average molecular weight is 370 g/mol. The number of hydrogen-bond donors (Lipinski definition) is 2. The van der Waals surface area contributed by atoms with E-state index in [0.29, 0.717) is 12.8 Å². The van der Waals surface area contributed by atoms with Crippen molar-refractivity contribution in [3.8, 4) is 0 Å². The largest absolute Gasteiger partial charge is 0.481 e. The number of nitrogens with one attached hydrogen (secondary N) is 1. The van der Waals surface area contributed by atoms with E-state index < -0.39 is 21.9 Å². The number of sulfonamides is 1. The quantitative estimate of drug-likeness (QED) is 0.723. The third kappa shape index (κ3) is 4.87. The first kappa shape index (κ1) is 16.6. The van der Waals surface area contributed by atoms with Crippen molar-refractivity contribution in [3.63, 3.8) is 0 Å². The third-order valence-electron chi connectivity index (χ3n) is 2.63. The van der Waals surface area contributed by atoms with Crippen LogP contribution in [0.1, 0.15) is 25.3 Å². The van der Waals surface area contributed by atoms with Crippen molar-refractivity contribution in [1.82, 2.24) is 4.72 Å². The van der Waals surface area contributed by atoms with Gasteiger partial charge in [-0.25, -0.2) is 13.1 Å². The lowest BCUT2D eigenvalue weighted by atomic mass is 10.1. The molecule has 2 N–H and O–H groups in total. The Hall–Kier alpha value is -0.440. The molecule has 0 saturated carbocycles. The number of carbonyl (C=O) groups is 1. The van der Waals surface area contributed by atoms with Gasteiger partial charge in [0.25, 0.3) is 0 Å². The Kier molecular flexibility index (Phi) is 5.97. The van der Waals surface area contributed by atoms with Gasteiger partial charge in [-0.2, -0.15) is 0 Å². The van der Waals surface area contributed by atoms with Crippen molar-refractivity contribution in [1.29, 1.82) is 0 Å². The van der Waals surface area contributed by atoms with Gasteiger partial charge in [0, 0.05) is 6.54 Å². The highest BCUT2D eigenvalue weighted by Crippen LogP contribution is 2.30. The van der Waals surface area contributed by atoms with E-state index in [9.17, 15) is 13.2 Å². The number of aryl methyl sites for hydroxylation is 1. The van der Waals surface area contributed by atoms with Gasteiger partial charge < -0.3 is 5.11 Å². The summed E-state index contributed by atoms with van der Waals surface area (Å²) in [4.78, 5) is 10.6. The standard InChI is InChI=1S/C11H16BrNO4S2/c1-7(11(14)15)4-3-5-13-19(16,17)9-6-8(2)10(12)18-9/h6-7,13H,3-5H2,1-2H3,(H,14,15). The lowest BCUT2D eigenvalue weighted by Crippen LogP contribution is -2.24. The molecule has 0 fully saturated rings. The smallest absolute Gasteiger partial charge is 0.306 e. The molecule has 0 radical (unpaired) electrons. The van der Waals surface area contributed by atoms with Gasteiger partial charge in [-0.15, -0.1) is 11.3 Å². The molecule has 0 aliphatic carbocycles. The van der Waals surface area contributed by atoms with Gasteiger partial charge in [0.15, 0.2) is 0 Å². The number of halogens is 1. The van der Waals surface area contributed by atoms with E-state index in [2.05, 4.69) is 20.7 Å². The van der Waals surface area contributed by atoms with Gasteiger partial charge in [0.2, 0.25) is 10.0 Å². The number of thiophene rings is 1. The van der Waals surface area contributed by atoms with E-state index in [1.165, 1.54) is 0 Å². The van der Waals surface area contributed by atoms with E-state index >= 15 is 0 Å². The molecule has 19 heavy (non-hydrogen) atoms. The molecule has 0 saturated heterocycles. The molecule has 1 aromatic rings. The molecule has 1 unspecified atom stereocenters. The highest BCUT2D eigenvalue weighted by molar-refractivity contribution is 9.11. The zero-order valence-corrected chi connectivity index (χ0v) is 13.9. The Labute approximate surface area is 125 Å². The predicted octanol–water partition coefficient (Wildman–Crippen LogP) is 2.60. The Bertz CT molecular complexity index is 534. The highest BCUT2D eigenvalue weighted by atomic mass is 79.9. The summed E-state index contributed by atoms with van der Waals surface area (Å²) in [5, 5.41) is 8.71. The zero-order chi connectivity index (χ0) is 14.6. The lowest BCUT2D eigenvalue weighted by Gasteiger charge is -2.07. The van der Waals surface area contributed by atoms with Crippen LogP contribution < -0.4 is 4.72 Å². The molecule has 0 spiro atoms. The fraction of sp³-hybridized carbons (Fsp3) is 0.545. The number of hydrogen-bond acceptors (Lipinski definition) is 4. The number of rotatable bonds is 7. The van der Waals surface area contributed by atoms with Crippen LogP contribution in [0.3, 0.4) is 0 Å². The molecule has 0 amide bonds. The third-order valence-corrected chi connectivity index (χ3v) is 6.70. The van der Waals surface area contributed by atoms with Crippen LogP contribution >= 0.6 is 27.3 Å². The fourth-order valence-electron chi connectivity index (χ4n) is 1.37. The first-order valence-electron chi connectivity index (χ1n) is 5.72. The average Bonchev–Trinajstić information content (AvgIpc) is 2.65. The zero-order valence-electron chi connectivity index (χ0n) is 10.6. The van der Waals surface area contributed by atoms with Crippen molar-refractivity contribution < 1.29 is 18.3 Å². The second-order valence-electron chi connectivity index (χ2n) is 4.30. The normalized spacial score (nSPS) is 13.4. The molecular formula is C11H16BrNO4S2. The van der Waals surface area contributed by atoms with Crippen LogP contribution in [0.2, 0.25) is 0 Å². The van der Waals surface area contributed by atoms with Gasteiger partial charge in [-0.1, -0.05) is 6.92 Å². The summed E-state index contributed by atoms with van der Waals surface area (Å²) in [6.07, 6.45) is 0.948. The van der Waals surface area contributed by atoms with Crippen molar-refractivity contribution >= 4 is 43.3 Å². The molecule has 108 valence electrons. The van der Waals surface area contributed by atoms with Gasteiger partial charge in [0.1, 0.15) is 4.21 Å². The van der Waals surface area contributed by atoms with Crippen LogP contribution in [-0.2, 0) is 14.8 Å². The van der Waals surface area contributed by atoms with Gasteiger partial charge in [-0.05, 0) is 47.3 Å². The summed E-state index contributed by atoms with van der Waals surface area (Å²) in [6, 6.07) is 1.61. The monoisotopic (exact) mass is 369 g/mol. The molecular weight excluding hydrogens is 354 g/mol. The number of aliphatic carboxylic acids is 1. The summed E-state index contributed by atoms with van der Waals surface area (Å²) in [7, 11) is -3.49. The summed E-state index contributed by atoms with van der Waals surface area (Å²) in [5.41, 5.74) is 0.880. The van der Waals surface area contributed by atoms with Crippen LogP contribution in [-0.4, -0.2) is 26.0 Å². The maximum atomic E-state index is 11.9. The second kappa shape index (κ2) is 6.83. The van der Waals surface area contributed by atoms with E-state index in [1.807, 2.05) is 6.92 Å². The van der Waals surface area contributed by atoms with E-state index in [1.54, 1.807) is 13.0 Å². The molecule has 0 aromatic carbocycles. The van der Waals surface area contributed by atoms with Crippen LogP contribution in [0.15, 0.2) is 14.1 Å². The van der Waals surface area contributed by atoms with Crippen LogP contribution in [0.5, 0.6) is 0 Å². The molecule has 0 bridgehead atoms. The minimum absolute atomic E-state index is 0.245. The summed E-state index contributed by atoms with van der Waals surface area (Å²) < 4.78 is 27.4. The van der Waals surface area contributed by atoms with Gasteiger partial charge in [0.05, 0.1) is 9.70 Å². The molecule has 1 atom stereocenters. The molecule has 1 heterocycles. The Balaban J connectivity index is 2.50. The van der Waals surface area contributed by atoms with Crippen molar-refractivity contribution in [2.75, 3.05) is 6.54 Å². The number of carboxylic acids is 1. The maximum absolute atomic E-state index is 11.9. The highest BCUT2D eigenvalue weighted by Gasteiger charge is 2.18. The number of carboxylic acid groups (broad SMARTS) is 1. The van der Waals surface area contributed by atoms with Crippen LogP contribution in [0, 0.1) is 12.8 Å². The predicted molar refractivity (Wildman–Crippen MR) is 78.0 cm³/mol. The molecule has 1 aromatic heterocycles. The Morgan fingerprint density at radius 1 is 1.58 bits per heavy atom. The van der Waals surface area contributed by atoms with E-state index in [0.717, 1.165) is 20.7 Å². The van der Waals surface area contributed by atoms with Crippen LogP contribution in [0.25, 0.3) is 0 Å². The van der Waals surface area contributed by atoms with E-state index in [-0.39, 0.29) is 10.8 Å². The molecule has 1 rings (SSSR count). The van der Waals surface area contributed by atoms with Gasteiger partial charge >= 0.3 is 5.97 Å². The Morgan fingerprint density at radius 2 is 2.21 bits per heavy atom. The van der Waals surface area contributed by atoms with Crippen molar-refractivity contribution in [3.05, 3.63) is 15.4 Å². The molecule has 0 aliphatic rings. The first-order chi connectivity index (χ1) is 8.74. The molecule has 5 nitrogen and oxygen atoms in total. The first-order valence-corrected chi connectivity index (χ1v) is 8.81. The Morgan fingerprint density at radius 3 is 2.68 bits per heavy atom. The molecule has 0 aliphatic heterocycles. The van der Waals surface area contributed by atoms with Crippen molar-refractivity contribution in [2.24, 2.45) is 5.92 Å². The molecule has 8 heteroatoms. The minimum Gasteiger partial charge on any atom is -0.481 e. The fourth-order valence-corrected chi connectivity index (χ4v) is 4.72. The summed E-state index contributed by atoms with van der Waals surface area (Å²) >= 11 is 4.45. The maximum Gasteiger partial charge on any atom is 0.306 e. The summed E-state index contributed by atoms with van der Waals surface area (Å²) in [6.45, 7) is 3.68. The van der Waals surface area contributed by atoms with E-state index in [4.69, 9.17) is 5.11 Å². The SMILES string of the molecule is Cc1cc(S(=O)(=O)NCCCC(C)C(=O)O)sc1Br. The van der Waals surface area contributed by atoms with Gasteiger partial charge in [-0.3, -0.25) is 4.79 Å². The van der Waals surface area contributed by atoms with Crippen molar-refractivity contribution in [2.45, 2.75) is 30.9 Å². The minimum atomic E-state index is -3.49. The summed E-state index contributed by atoms with van der Waals surface area (Å²) in [5.74, 6) is -1.32. The van der Waals surface area contributed by atoms with Crippen LogP contribution in [0.4, 0.5) is 0 Å². The topological polar surface area (TPSA) is 83.5 Å². The lowest BCUT2D eigenvalue weighted by molar-refractivity contribution is -0.141. The second-order valence-corrected chi connectivity index (χ2v) is 8.67.